The van der Waals surface area contributed by atoms with Crippen LogP contribution in [0.25, 0.3) is 10.9 Å². The molecule has 178 valence electrons. The summed E-state index contributed by atoms with van der Waals surface area (Å²) in [6.07, 6.45) is 0. The van der Waals surface area contributed by atoms with Crippen LogP contribution in [0.5, 0.6) is 0 Å². The lowest BCUT2D eigenvalue weighted by atomic mass is 10.2. The van der Waals surface area contributed by atoms with Crippen molar-refractivity contribution in [3.63, 3.8) is 0 Å². The molecule has 1 heterocycles. The first-order valence-corrected chi connectivity index (χ1v) is 13.5. The van der Waals surface area contributed by atoms with E-state index < -0.39 is 0 Å². The van der Waals surface area contributed by atoms with Crippen molar-refractivity contribution in [1.82, 2.24) is 9.55 Å². The number of hydrogen-bond donors (Lipinski definition) is 0. The van der Waals surface area contributed by atoms with Crippen molar-refractivity contribution in [1.29, 1.82) is 0 Å². The Kier molecular flexibility index (Phi) is 7.48. The summed E-state index contributed by atoms with van der Waals surface area (Å²) in [5.41, 5.74) is 3.09. The van der Waals surface area contributed by atoms with Crippen LogP contribution in [0.15, 0.2) is 119 Å². The molecule has 5 nitrogen and oxygen atoms in total. The number of fused-ring (bicyclic) bond motifs is 1. The van der Waals surface area contributed by atoms with Crippen molar-refractivity contribution in [2.75, 3.05) is 10.7 Å². The van der Waals surface area contributed by atoms with Crippen molar-refractivity contribution in [3.05, 3.63) is 129 Å². The highest BCUT2D eigenvalue weighted by molar-refractivity contribution is 14.1. The van der Waals surface area contributed by atoms with Crippen LogP contribution in [0, 0.1) is 3.57 Å². The van der Waals surface area contributed by atoms with Gasteiger partial charge in [-0.2, -0.15) is 0 Å². The van der Waals surface area contributed by atoms with Gasteiger partial charge in [0.05, 0.1) is 23.2 Å². The van der Waals surface area contributed by atoms with Gasteiger partial charge in [0.25, 0.3) is 5.56 Å². The minimum absolute atomic E-state index is 0.0967. The van der Waals surface area contributed by atoms with Gasteiger partial charge in [-0.25, -0.2) is 4.98 Å². The van der Waals surface area contributed by atoms with E-state index >= 15 is 0 Å². The summed E-state index contributed by atoms with van der Waals surface area (Å²) in [6, 6.07) is 34.6. The minimum atomic E-state index is -0.111. The van der Waals surface area contributed by atoms with E-state index in [1.54, 1.807) is 9.47 Å². The van der Waals surface area contributed by atoms with Crippen LogP contribution in [0.4, 0.5) is 11.4 Å². The molecule has 0 radical (unpaired) electrons. The average Bonchev–Trinajstić information content (AvgIpc) is 2.92. The van der Waals surface area contributed by atoms with E-state index in [1.165, 1.54) is 11.8 Å². The van der Waals surface area contributed by atoms with E-state index in [-0.39, 0.29) is 17.2 Å². The van der Waals surface area contributed by atoms with Crippen LogP contribution < -0.4 is 10.5 Å². The molecule has 4 aromatic carbocycles. The third-order valence-corrected chi connectivity index (χ3v) is 7.30. The number of anilines is 2. The molecule has 0 spiro atoms. The number of thioether (sulfide) groups is 1. The molecule has 7 heteroatoms. The molecule has 0 atom stereocenters. The Bertz CT molecular complexity index is 1520. The zero-order chi connectivity index (χ0) is 24.9. The Hall–Kier alpha value is -3.43. The number of rotatable bonds is 7. The molecule has 0 aliphatic rings. The highest BCUT2D eigenvalue weighted by Crippen LogP contribution is 2.28. The van der Waals surface area contributed by atoms with Crippen LogP contribution in [0.1, 0.15) is 5.56 Å². The van der Waals surface area contributed by atoms with Crippen molar-refractivity contribution < 1.29 is 4.79 Å². The van der Waals surface area contributed by atoms with Crippen molar-refractivity contribution >= 4 is 62.5 Å². The summed E-state index contributed by atoms with van der Waals surface area (Å²) < 4.78 is 2.64. The average molecular weight is 603 g/mol. The predicted molar refractivity (Wildman–Crippen MR) is 155 cm³/mol. The third-order valence-electron chi connectivity index (χ3n) is 5.67. The van der Waals surface area contributed by atoms with Gasteiger partial charge in [-0.1, -0.05) is 78.5 Å². The van der Waals surface area contributed by atoms with Crippen molar-refractivity contribution in [2.45, 2.75) is 11.7 Å². The monoisotopic (exact) mass is 603 g/mol. The Morgan fingerprint density at radius 3 is 2.03 bits per heavy atom. The minimum Gasteiger partial charge on any atom is -0.283 e. The van der Waals surface area contributed by atoms with E-state index in [4.69, 9.17) is 4.98 Å². The number of carbonyl (C=O) groups excluding carboxylic acids is 1. The topological polar surface area (TPSA) is 55.2 Å². The largest absolute Gasteiger partial charge is 0.283 e. The SMILES string of the molecule is O=C(CSc1nc2ccc(I)cc2c(=O)n1Cc1ccccc1)N(c1ccccc1)c1ccccc1. The maximum Gasteiger partial charge on any atom is 0.262 e. The molecule has 0 saturated carbocycles. The summed E-state index contributed by atoms with van der Waals surface area (Å²) in [6.45, 7) is 0.381. The molecule has 36 heavy (non-hydrogen) atoms. The Balaban J connectivity index is 1.51. The highest BCUT2D eigenvalue weighted by atomic mass is 127. The summed E-state index contributed by atoms with van der Waals surface area (Å²) in [5, 5.41) is 1.09. The number of amides is 1. The van der Waals surface area contributed by atoms with Crippen LogP contribution in [0.2, 0.25) is 0 Å². The standard InChI is InChI=1S/C29H22IN3O2S/c30-22-16-17-26-25(18-22)28(35)32(19-21-10-4-1-5-11-21)29(31-26)36-20-27(34)33(23-12-6-2-7-13-23)24-14-8-3-9-15-24/h1-18H,19-20H2. The number of benzene rings is 4. The van der Waals surface area contributed by atoms with Gasteiger partial charge in [-0.3, -0.25) is 19.1 Å². The van der Waals surface area contributed by atoms with Crippen LogP contribution in [0.3, 0.4) is 0 Å². The summed E-state index contributed by atoms with van der Waals surface area (Å²) in [5.74, 6) is 0.0292. The number of aromatic nitrogens is 2. The van der Waals surface area contributed by atoms with Crippen LogP contribution in [-0.4, -0.2) is 21.2 Å². The molecular formula is C29H22IN3O2S. The van der Waals surface area contributed by atoms with Crippen molar-refractivity contribution in [2.24, 2.45) is 0 Å². The fourth-order valence-electron chi connectivity index (χ4n) is 3.97. The highest BCUT2D eigenvalue weighted by Gasteiger charge is 2.20. The van der Waals surface area contributed by atoms with Gasteiger partial charge in [-0.15, -0.1) is 0 Å². The second-order valence-corrected chi connectivity index (χ2v) is 10.3. The Morgan fingerprint density at radius 2 is 1.42 bits per heavy atom. The molecule has 0 bridgehead atoms. The van der Waals surface area contributed by atoms with Gasteiger partial charge in [0.2, 0.25) is 5.91 Å². The van der Waals surface area contributed by atoms with Gasteiger partial charge in [-0.05, 0) is 70.6 Å². The fourth-order valence-corrected chi connectivity index (χ4v) is 5.31. The fraction of sp³-hybridized carbons (Fsp3) is 0.0690. The summed E-state index contributed by atoms with van der Waals surface area (Å²) in [7, 11) is 0. The molecule has 1 aromatic heterocycles. The lowest BCUT2D eigenvalue weighted by Crippen LogP contribution is -2.29. The third kappa shape index (κ3) is 5.37. The molecule has 0 saturated heterocycles. The predicted octanol–water partition coefficient (Wildman–Crippen LogP) is 6.51. The molecule has 0 aliphatic heterocycles. The molecule has 5 aromatic rings. The molecule has 1 amide bonds. The molecule has 0 N–H and O–H groups in total. The number of nitrogens with zero attached hydrogens (tertiary/aromatic N) is 3. The molecule has 0 unspecified atom stereocenters. The maximum absolute atomic E-state index is 13.6. The van der Waals surface area contributed by atoms with E-state index in [2.05, 4.69) is 22.6 Å². The van der Waals surface area contributed by atoms with E-state index in [0.717, 1.165) is 20.5 Å². The normalized spacial score (nSPS) is 10.9. The first kappa shape index (κ1) is 24.3. The molecular weight excluding hydrogens is 581 g/mol. The van der Waals surface area contributed by atoms with Gasteiger partial charge in [0.1, 0.15) is 0 Å². The van der Waals surface area contributed by atoms with Gasteiger partial charge < -0.3 is 0 Å². The number of carbonyl (C=O) groups is 1. The lowest BCUT2D eigenvalue weighted by Gasteiger charge is -2.23. The number of para-hydroxylation sites is 2. The Labute approximate surface area is 226 Å². The quantitative estimate of drug-likeness (QED) is 0.121. The second-order valence-electron chi connectivity index (χ2n) is 8.12. The smallest absolute Gasteiger partial charge is 0.262 e. The molecule has 5 rings (SSSR count). The van der Waals surface area contributed by atoms with E-state index in [9.17, 15) is 9.59 Å². The van der Waals surface area contributed by atoms with Gasteiger partial charge >= 0.3 is 0 Å². The molecule has 0 fully saturated rings. The zero-order valence-electron chi connectivity index (χ0n) is 19.3. The first-order chi connectivity index (χ1) is 17.6. The first-order valence-electron chi connectivity index (χ1n) is 11.4. The van der Waals surface area contributed by atoms with Gasteiger partial charge in [0.15, 0.2) is 5.16 Å². The zero-order valence-corrected chi connectivity index (χ0v) is 22.2. The molecule has 0 aliphatic carbocycles. The lowest BCUT2D eigenvalue weighted by molar-refractivity contribution is -0.115. The van der Waals surface area contributed by atoms with Crippen LogP contribution in [-0.2, 0) is 11.3 Å². The number of hydrogen-bond acceptors (Lipinski definition) is 4. The van der Waals surface area contributed by atoms with Gasteiger partial charge in [0, 0.05) is 14.9 Å². The van der Waals surface area contributed by atoms with Crippen molar-refractivity contribution in [3.8, 4) is 0 Å². The van der Waals surface area contributed by atoms with E-state index in [0.29, 0.717) is 22.6 Å². The van der Waals surface area contributed by atoms with E-state index in [1.807, 2.05) is 109 Å². The number of halogens is 1. The Morgan fingerprint density at radius 1 is 0.833 bits per heavy atom. The maximum atomic E-state index is 13.6. The summed E-state index contributed by atoms with van der Waals surface area (Å²) in [4.78, 5) is 33.6. The second kappa shape index (κ2) is 11.1. The summed E-state index contributed by atoms with van der Waals surface area (Å²) >= 11 is 3.48. The van der Waals surface area contributed by atoms with Crippen LogP contribution >= 0.6 is 34.4 Å².